The molecule has 2 heterocycles. The summed E-state index contributed by atoms with van der Waals surface area (Å²) < 4.78 is 0. The Morgan fingerprint density at radius 1 is 1.12 bits per heavy atom. The van der Waals surface area contributed by atoms with E-state index in [0.29, 0.717) is 6.04 Å². The van der Waals surface area contributed by atoms with Crippen LogP contribution in [0.5, 0.6) is 0 Å². The Kier molecular flexibility index (Phi) is 4.18. The van der Waals surface area contributed by atoms with E-state index in [1.165, 1.54) is 12.8 Å². The van der Waals surface area contributed by atoms with E-state index in [1.807, 2.05) is 4.90 Å². The minimum Gasteiger partial charge on any atom is -0.337 e. The van der Waals surface area contributed by atoms with Gasteiger partial charge in [-0.15, -0.1) is 0 Å². The van der Waals surface area contributed by atoms with Crippen molar-refractivity contribution >= 4 is 5.91 Å². The van der Waals surface area contributed by atoms with Gasteiger partial charge < -0.3 is 9.80 Å². The van der Waals surface area contributed by atoms with E-state index in [-0.39, 0.29) is 5.91 Å². The van der Waals surface area contributed by atoms with Crippen molar-refractivity contribution in [2.24, 2.45) is 0 Å². The van der Waals surface area contributed by atoms with Gasteiger partial charge in [0.05, 0.1) is 0 Å². The topological polar surface area (TPSA) is 26.8 Å². The molecule has 0 spiro atoms. The molecule has 0 bridgehead atoms. The number of hydrogen-bond donors (Lipinski definition) is 0. The Hall–Kier alpha value is -0.870. The van der Waals surface area contributed by atoms with Crippen molar-refractivity contribution in [3.63, 3.8) is 0 Å². The van der Waals surface area contributed by atoms with Gasteiger partial charge in [-0.1, -0.05) is 6.08 Å². The molecule has 0 N–H and O–H groups in total. The van der Waals surface area contributed by atoms with E-state index in [1.54, 1.807) is 6.08 Å². The molecule has 0 aromatic heterocycles. The summed E-state index contributed by atoms with van der Waals surface area (Å²) in [5.74, 6) is 0.179. The summed E-state index contributed by atoms with van der Waals surface area (Å²) in [5.41, 5.74) is 0. The Bertz CT molecular complexity index is 295. The fraction of sp³-hybridized carbons (Fsp3) is 0.769. The molecule has 0 aromatic carbocycles. The maximum Gasteiger partial charge on any atom is 0.246 e. The summed E-state index contributed by atoms with van der Waals surface area (Å²) in [6.07, 6.45) is 6.28. The second kappa shape index (κ2) is 5.65. The molecule has 0 saturated carbocycles. The largest absolute Gasteiger partial charge is 0.337 e. The highest BCUT2D eigenvalue weighted by Crippen LogP contribution is 2.15. The van der Waals surface area contributed by atoms with Gasteiger partial charge in [-0.3, -0.25) is 9.69 Å². The van der Waals surface area contributed by atoms with Crippen LogP contribution >= 0.6 is 0 Å². The van der Waals surface area contributed by atoms with Crippen LogP contribution in [0.2, 0.25) is 0 Å². The first-order valence-electron chi connectivity index (χ1n) is 6.53. The van der Waals surface area contributed by atoms with Gasteiger partial charge in [0.25, 0.3) is 0 Å². The zero-order valence-corrected chi connectivity index (χ0v) is 10.9. The third-order valence-electron chi connectivity index (χ3n) is 3.85. The minimum absolute atomic E-state index is 0.179. The third kappa shape index (κ3) is 3.30. The number of likely N-dealkylation sites (tertiary alicyclic amines) is 1. The molecule has 2 rings (SSSR count). The normalized spacial score (nSPS) is 28.1. The molecule has 0 radical (unpaired) electrons. The molecule has 96 valence electrons. The maximum atomic E-state index is 12.0. The van der Waals surface area contributed by atoms with Crippen LogP contribution in [0.4, 0.5) is 0 Å². The molecule has 2 aliphatic heterocycles. The third-order valence-corrected chi connectivity index (χ3v) is 3.85. The van der Waals surface area contributed by atoms with Crippen LogP contribution in [-0.4, -0.2) is 73.5 Å². The molecule has 0 aliphatic carbocycles. The molecule has 1 amide bonds. The Morgan fingerprint density at radius 3 is 2.41 bits per heavy atom. The predicted octanol–water partition coefficient (Wildman–Crippen LogP) is 0.411. The average molecular weight is 237 g/mol. The van der Waals surface area contributed by atoms with E-state index >= 15 is 0 Å². The van der Waals surface area contributed by atoms with Crippen LogP contribution in [0.25, 0.3) is 0 Å². The summed E-state index contributed by atoms with van der Waals surface area (Å²) >= 11 is 0. The van der Waals surface area contributed by atoms with Gasteiger partial charge in [0.2, 0.25) is 5.91 Å². The van der Waals surface area contributed by atoms with Crippen LogP contribution in [0, 0.1) is 0 Å². The Morgan fingerprint density at radius 2 is 1.82 bits per heavy atom. The highest BCUT2D eigenvalue weighted by atomic mass is 16.2. The lowest BCUT2D eigenvalue weighted by Crippen LogP contribution is -2.46. The van der Waals surface area contributed by atoms with Gasteiger partial charge in [0, 0.05) is 38.3 Å². The van der Waals surface area contributed by atoms with Crippen molar-refractivity contribution < 1.29 is 4.79 Å². The molecular weight excluding hydrogens is 214 g/mol. The molecule has 1 unspecified atom stereocenters. The lowest BCUT2D eigenvalue weighted by molar-refractivity contribution is -0.127. The molecule has 4 heteroatoms. The van der Waals surface area contributed by atoms with Gasteiger partial charge >= 0.3 is 0 Å². The average Bonchev–Trinajstić information content (AvgIpc) is 2.73. The number of piperazine rings is 1. The Labute approximate surface area is 104 Å². The number of likely N-dealkylation sites (N-methyl/N-ethyl adjacent to an activating group) is 2. The van der Waals surface area contributed by atoms with Crippen molar-refractivity contribution in [1.82, 2.24) is 14.7 Å². The summed E-state index contributed by atoms with van der Waals surface area (Å²) in [6, 6.07) is 0.464. The second-order valence-corrected chi connectivity index (χ2v) is 5.18. The quantitative estimate of drug-likeness (QED) is 0.651. The lowest BCUT2D eigenvalue weighted by atomic mass is 10.2. The van der Waals surface area contributed by atoms with Crippen molar-refractivity contribution in [2.45, 2.75) is 18.9 Å². The van der Waals surface area contributed by atoms with Crippen LogP contribution in [0.3, 0.4) is 0 Å². The fourth-order valence-corrected chi connectivity index (χ4v) is 2.50. The zero-order chi connectivity index (χ0) is 12.3. The smallest absolute Gasteiger partial charge is 0.246 e. The minimum atomic E-state index is 0.179. The summed E-state index contributed by atoms with van der Waals surface area (Å²) in [7, 11) is 4.23. The molecule has 1 atom stereocenters. The molecule has 17 heavy (non-hydrogen) atoms. The highest BCUT2D eigenvalue weighted by Gasteiger charge is 2.20. The van der Waals surface area contributed by atoms with Crippen LogP contribution < -0.4 is 0 Å². The fourth-order valence-electron chi connectivity index (χ4n) is 2.50. The van der Waals surface area contributed by atoms with Gasteiger partial charge in [-0.05, 0) is 33.5 Å². The number of hydrogen-bond acceptors (Lipinski definition) is 3. The second-order valence-electron chi connectivity index (χ2n) is 5.18. The summed E-state index contributed by atoms with van der Waals surface area (Å²) in [6.45, 7) is 4.85. The number of amides is 1. The highest BCUT2D eigenvalue weighted by molar-refractivity contribution is 5.87. The van der Waals surface area contributed by atoms with Crippen molar-refractivity contribution in [1.29, 1.82) is 0 Å². The first-order chi connectivity index (χ1) is 8.16. The maximum absolute atomic E-state index is 12.0. The number of rotatable bonds is 2. The zero-order valence-electron chi connectivity index (χ0n) is 10.9. The standard InChI is InChI=1S/C13H23N3O/c1-14-8-10-16(11-9-14)13(17)6-5-12-4-3-7-15(12)2/h5-6,12H,3-4,7-11H2,1-2H3/b6-5+. The Balaban J connectivity index is 1.82. The first kappa shape index (κ1) is 12.6. The van der Waals surface area contributed by atoms with Gasteiger partial charge in [-0.2, -0.15) is 0 Å². The van der Waals surface area contributed by atoms with Crippen LogP contribution in [0.1, 0.15) is 12.8 Å². The summed E-state index contributed by atoms with van der Waals surface area (Å²) in [5, 5.41) is 0. The number of carbonyl (C=O) groups excluding carboxylic acids is 1. The van der Waals surface area contributed by atoms with E-state index in [2.05, 4.69) is 30.0 Å². The molecule has 2 saturated heterocycles. The molecule has 0 aromatic rings. The molecule has 2 fully saturated rings. The van der Waals surface area contributed by atoms with Gasteiger partial charge in [-0.25, -0.2) is 0 Å². The van der Waals surface area contributed by atoms with Crippen molar-refractivity contribution in [2.75, 3.05) is 46.8 Å². The van der Waals surface area contributed by atoms with Crippen molar-refractivity contribution in [3.05, 3.63) is 12.2 Å². The van der Waals surface area contributed by atoms with E-state index in [0.717, 1.165) is 32.7 Å². The van der Waals surface area contributed by atoms with E-state index < -0.39 is 0 Å². The molecular formula is C13H23N3O. The van der Waals surface area contributed by atoms with Gasteiger partial charge in [0.1, 0.15) is 0 Å². The molecule has 2 aliphatic rings. The monoisotopic (exact) mass is 237 g/mol. The van der Waals surface area contributed by atoms with Crippen LogP contribution in [-0.2, 0) is 4.79 Å². The number of carbonyl (C=O) groups is 1. The first-order valence-corrected chi connectivity index (χ1v) is 6.53. The van der Waals surface area contributed by atoms with E-state index in [4.69, 9.17) is 0 Å². The van der Waals surface area contributed by atoms with E-state index in [9.17, 15) is 4.79 Å². The van der Waals surface area contributed by atoms with Gasteiger partial charge in [0.15, 0.2) is 0 Å². The summed E-state index contributed by atoms with van der Waals surface area (Å²) in [4.78, 5) is 18.5. The van der Waals surface area contributed by atoms with Crippen LogP contribution in [0.15, 0.2) is 12.2 Å². The molecule has 4 nitrogen and oxygen atoms in total. The predicted molar refractivity (Wildman–Crippen MR) is 68.9 cm³/mol. The van der Waals surface area contributed by atoms with Crippen molar-refractivity contribution in [3.8, 4) is 0 Å². The SMILES string of the molecule is CN1CCN(C(=O)/C=C/C2CCCN2C)CC1. The number of nitrogens with zero attached hydrogens (tertiary/aromatic N) is 3. The lowest BCUT2D eigenvalue weighted by Gasteiger charge is -2.31.